The van der Waals surface area contributed by atoms with Crippen molar-refractivity contribution in [1.82, 2.24) is 0 Å². The lowest BCUT2D eigenvalue weighted by Gasteiger charge is -2.19. The van der Waals surface area contributed by atoms with Crippen LogP contribution < -0.4 is 0 Å². The van der Waals surface area contributed by atoms with Crippen LogP contribution in [0.5, 0.6) is 5.75 Å². The maximum atomic E-state index is 11.0. The molecule has 1 N–H and O–H groups in total. The van der Waals surface area contributed by atoms with E-state index in [-0.39, 0.29) is 5.75 Å². The lowest BCUT2D eigenvalue weighted by molar-refractivity contribution is 0.477. The zero-order chi connectivity index (χ0) is 27.5. The molecule has 194 valence electrons. The van der Waals surface area contributed by atoms with Crippen LogP contribution in [-0.4, -0.2) is 5.11 Å². The molecule has 8 rings (SSSR count). The molecule has 1 heterocycles. The largest absolute Gasteiger partial charge is 0.507 e. The molecule has 0 radical (unpaired) electrons. The van der Waals surface area contributed by atoms with Crippen molar-refractivity contribution >= 4 is 43.5 Å². The number of aryl methyl sites for hydroxylation is 1. The van der Waals surface area contributed by atoms with Gasteiger partial charge in [-0.05, 0) is 68.9 Å². The van der Waals surface area contributed by atoms with Crippen LogP contribution in [0, 0.1) is 6.92 Å². The first-order valence-corrected chi connectivity index (χ1v) is 13.9. The third-order valence-electron chi connectivity index (χ3n) is 8.37. The van der Waals surface area contributed by atoms with Gasteiger partial charge in [0.1, 0.15) is 16.9 Å². The zero-order valence-electron chi connectivity index (χ0n) is 22.6. The van der Waals surface area contributed by atoms with Gasteiger partial charge in [-0.2, -0.15) is 0 Å². The van der Waals surface area contributed by atoms with Crippen LogP contribution in [0.1, 0.15) is 5.56 Å². The second-order valence-corrected chi connectivity index (χ2v) is 10.6. The number of phenols is 1. The second kappa shape index (κ2) is 9.11. The zero-order valence-corrected chi connectivity index (χ0v) is 22.6. The summed E-state index contributed by atoms with van der Waals surface area (Å²) in [5.41, 5.74) is 9.20. The molecular formula is C39H26O2. The fraction of sp³-hybridized carbons (Fsp3) is 0.0256. The van der Waals surface area contributed by atoms with Crippen LogP contribution in [0.15, 0.2) is 138 Å². The van der Waals surface area contributed by atoms with Crippen molar-refractivity contribution in [3.8, 4) is 39.1 Å². The summed E-state index contributed by atoms with van der Waals surface area (Å²) < 4.78 is 6.69. The lowest BCUT2D eigenvalue weighted by Crippen LogP contribution is -1.93. The SMILES string of the molecule is Cc1c(-c2ccccc2O)cc(-c2c3ccccc3c(-c3ccccc3)c3ccccc23)c2oc3ccccc3c12. The van der Waals surface area contributed by atoms with E-state index < -0.39 is 0 Å². The highest BCUT2D eigenvalue weighted by atomic mass is 16.3. The van der Waals surface area contributed by atoms with E-state index in [2.05, 4.69) is 104 Å². The Hall–Kier alpha value is -5.34. The van der Waals surface area contributed by atoms with E-state index in [9.17, 15) is 5.11 Å². The summed E-state index contributed by atoms with van der Waals surface area (Å²) in [6, 6.07) is 46.0. The van der Waals surface area contributed by atoms with Gasteiger partial charge >= 0.3 is 0 Å². The van der Waals surface area contributed by atoms with Crippen LogP contribution in [0.4, 0.5) is 0 Å². The molecule has 1 aromatic heterocycles. The minimum absolute atomic E-state index is 0.267. The van der Waals surface area contributed by atoms with Gasteiger partial charge in [0.2, 0.25) is 0 Å². The summed E-state index contributed by atoms with van der Waals surface area (Å²) in [4.78, 5) is 0. The molecule has 0 aliphatic rings. The van der Waals surface area contributed by atoms with E-state index in [1.807, 2.05) is 30.3 Å². The van der Waals surface area contributed by atoms with Crippen LogP contribution in [-0.2, 0) is 0 Å². The number of aromatic hydroxyl groups is 1. The fourth-order valence-electron chi connectivity index (χ4n) is 6.56. The quantitative estimate of drug-likeness (QED) is 0.232. The van der Waals surface area contributed by atoms with Crippen molar-refractivity contribution in [1.29, 1.82) is 0 Å². The van der Waals surface area contributed by atoms with Crippen molar-refractivity contribution in [3.05, 3.63) is 139 Å². The van der Waals surface area contributed by atoms with Crippen LogP contribution in [0.2, 0.25) is 0 Å². The van der Waals surface area contributed by atoms with Gasteiger partial charge in [-0.15, -0.1) is 0 Å². The van der Waals surface area contributed by atoms with Gasteiger partial charge in [0.25, 0.3) is 0 Å². The number of phenolic OH excluding ortho intramolecular Hbond substituents is 1. The molecule has 2 heteroatoms. The van der Waals surface area contributed by atoms with Crippen molar-refractivity contribution < 1.29 is 9.52 Å². The minimum atomic E-state index is 0.267. The van der Waals surface area contributed by atoms with Gasteiger partial charge in [-0.3, -0.25) is 0 Å². The van der Waals surface area contributed by atoms with Crippen molar-refractivity contribution in [2.24, 2.45) is 0 Å². The molecule has 0 fully saturated rings. The van der Waals surface area contributed by atoms with Crippen LogP contribution in [0.25, 0.3) is 76.9 Å². The number of hydrogen-bond acceptors (Lipinski definition) is 2. The molecular weight excluding hydrogens is 500 g/mol. The van der Waals surface area contributed by atoms with Crippen molar-refractivity contribution in [3.63, 3.8) is 0 Å². The number of benzene rings is 7. The highest BCUT2D eigenvalue weighted by Gasteiger charge is 2.23. The Labute approximate surface area is 237 Å². The summed E-state index contributed by atoms with van der Waals surface area (Å²) in [5.74, 6) is 0.267. The Morgan fingerprint density at radius 2 is 1.02 bits per heavy atom. The monoisotopic (exact) mass is 526 g/mol. The third-order valence-corrected chi connectivity index (χ3v) is 8.37. The number of fused-ring (bicyclic) bond motifs is 5. The van der Waals surface area contributed by atoms with E-state index >= 15 is 0 Å². The molecule has 0 aliphatic carbocycles. The normalized spacial score (nSPS) is 11.6. The number of para-hydroxylation sites is 2. The molecule has 0 aliphatic heterocycles. The Balaban J connectivity index is 1.60. The first-order valence-electron chi connectivity index (χ1n) is 13.9. The molecule has 0 saturated heterocycles. The second-order valence-electron chi connectivity index (χ2n) is 10.6. The third kappa shape index (κ3) is 3.51. The minimum Gasteiger partial charge on any atom is -0.507 e. The van der Waals surface area contributed by atoms with Crippen molar-refractivity contribution in [2.75, 3.05) is 0 Å². The highest BCUT2D eigenvalue weighted by Crippen LogP contribution is 2.49. The lowest BCUT2D eigenvalue weighted by atomic mass is 9.84. The van der Waals surface area contributed by atoms with E-state index in [4.69, 9.17) is 4.42 Å². The molecule has 0 amide bonds. The Morgan fingerprint density at radius 3 is 1.68 bits per heavy atom. The predicted octanol–water partition coefficient (Wildman–Crippen LogP) is 10.9. The molecule has 0 unspecified atom stereocenters. The van der Waals surface area contributed by atoms with E-state index in [1.54, 1.807) is 6.07 Å². The van der Waals surface area contributed by atoms with Gasteiger partial charge in [-0.1, -0.05) is 115 Å². The fourth-order valence-corrected chi connectivity index (χ4v) is 6.56. The van der Waals surface area contributed by atoms with E-state index in [1.165, 1.54) is 32.7 Å². The first kappa shape index (κ1) is 23.5. The molecule has 0 saturated carbocycles. The van der Waals surface area contributed by atoms with E-state index in [0.29, 0.717) is 0 Å². The highest BCUT2D eigenvalue weighted by molar-refractivity contribution is 6.25. The van der Waals surface area contributed by atoms with Gasteiger partial charge in [0.15, 0.2) is 0 Å². The Bertz CT molecular complexity index is 2220. The number of rotatable bonds is 3. The molecule has 0 bridgehead atoms. The number of hydrogen-bond donors (Lipinski definition) is 1. The maximum Gasteiger partial charge on any atom is 0.143 e. The summed E-state index contributed by atoms with van der Waals surface area (Å²) in [6.45, 7) is 2.13. The van der Waals surface area contributed by atoms with Gasteiger partial charge < -0.3 is 9.52 Å². The molecule has 0 atom stereocenters. The molecule has 8 aromatic rings. The predicted molar refractivity (Wildman–Crippen MR) is 171 cm³/mol. The summed E-state index contributed by atoms with van der Waals surface area (Å²) in [7, 11) is 0. The Kier molecular flexibility index (Phi) is 5.23. The molecule has 41 heavy (non-hydrogen) atoms. The standard InChI is InChI=1S/C39H26O2/c1-24-32(26-15-9-11-21-34(26)40)23-33(39-36(24)31-20-10-12-22-35(31)41-39)38-29-18-7-5-16-27(29)37(25-13-3-2-4-14-25)28-17-6-8-19-30(28)38/h2-23,40H,1H3. The topological polar surface area (TPSA) is 33.4 Å². The summed E-state index contributed by atoms with van der Waals surface area (Å²) in [6.07, 6.45) is 0. The summed E-state index contributed by atoms with van der Waals surface area (Å²) >= 11 is 0. The van der Waals surface area contributed by atoms with Gasteiger partial charge in [0.05, 0.1) is 0 Å². The molecule has 7 aromatic carbocycles. The Morgan fingerprint density at radius 1 is 0.488 bits per heavy atom. The smallest absolute Gasteiger partial charge is 0.143 e. The van der Waals surface area contributed by atoms with Gasteiger partial charge in [-0.25, -0.2) is 0 Å². The molecule has 2 nitrogen and oxygen atoms in total. The van der Waals surface area contributed by atoms with Gasteiger partial charge in [0, 0.05) is 27.5 Å². The molecule has 0 spiro atoms. The summed E-state index contributed by atoms with van der Waals surface area (Å²) in [5, 5.41) is 17.8. The van der Waals surface area contributed by atoms with E-state index in [0.717, 1.165) is 49.8 Å². The number of furan rings is 1. The first-order chi connectivity index (χ1) is 20.2. The maximum absolute atomic E-state index is 11.0. The van der Waals surface area contributed by atoms with Crippen LogP contribution >= 0.6 is 0 Å². The van der Waals surface area contributed by atoms with Crippen LogP contribution in [0.3, 0.4) is 0 Å². The average Bonchev–Trinajstić information content (AvgIpc) is 3.42. The average molecular weight is 527 g/mol. The van der Waals surface area contributed by atoms with Crippen molar-refractivity contribution in [2.45, 2.75) is 6.92 Å².